The lowest BCUT2D eigenvalue weighted by atomic mass is 10.1. The normalized spacial score (nSPS) is 14.3. The molecule has 0 aromatic carbocycles. The van der Waals surface area contributed by atoms with Crippen LogP contribution in [0.5, 0.6) is 0 Å². The van der Waals surface area contributed by atoms with Crippen molar-refractivity contribution in [2.75, 3.05) is 0 Å². The second-order valence-corrected chi connectivity index (χ2v) is 4.97. The molecule has 2 atom stereocenters. The van der Waals surface area contributed by atoms with Gasteiger partial charge in [-0.1, -0.05) is 6.92 Å². The van der Waals surface area contributed by atoms with Crippen LogP contribution in [-0.2, 0) is 6.42 Å². The van der Waals surface area contributed by atoms with Crippen LogP contribution in [0.3, 0.4) is 0 Å². The van der Waals surface area contributed by atoms with Gasteiger partial charge < -0.3 is 5.73 Å². The second kappa shape index (κ2) is 5.93. The number of aryl methyl sites for hydroxylation is 1. The molecule has 0 saturated carbocycles. The summed E-state index contributed by atoms with van der Waals surface area (Å²) in [5, 5.41) is 4.55. The minimum atomic E-state index is -0.208. The summed E-state index contributed by atoms with van der Waals surface area (Å²) in [7, 11) is 0. The molecule has 2 N–H and O–H groups in total. The van der Waals surface area contributed by atoms with Gasteiger partial charge in [-0.05, 0) is 31.9 Å². The molecule has 0 aliphatic rings. The molecule has 0 radical (unpaired) electrons. The Morgan fingerprint density at radius 2 is 2.00 bits per heavy atom. The SMILES string of the molecule is CCC(C)n1ccc(CC(N)c2ncc(C)cn2)n1. The Kier molecular flexibility index (Phi) is 4.27. The van der Waals surface area contributed by atoms with Crippen molar-refractivity contribution < 1.29 is 0 Å². The molecular formula is C14H21N5. The van der Waals surface area contributed by atoms with Gasteiger partial charge in [0.05, 0.1) is 11.7 Å². The monoisotopic (exact) mass is 259 g/mol. The predicted molar refractivity (Wildman–Crippen MR) is 74.6 cm³/mol. The minimum absolute atomic E-state index is 0.208. The van der Waals surface area contributed by atoms with Crippen LogP contribution in [0.1, 0.15) is 49.4 Å². The largest absolute Gasteiger partial charge is 0.321 e. The maximum absolute atomic E-state index is 6.12. The third-order valence-electron chi connectivity index (χ3n) is 3.27. The average Bonchev–Trinajstić information content (AvgIpc) is 2.87. The maximum atomic E-state index is 6.12. The Morgan fingerprint density at radius 1 is 1.32 bits per heavy atom. The summed E-state index contributed by atoms with van der Waals surface area (Å²) in [6.07, 6.45) is 7.31. The van der Waals surface area contributed by atoms with Crippen LogP contribution >= 0.6 is 0 Å². The highest BCUT2D eigenvalue weighted by Gasteiger charge is 2.12. The van der Waals surface area contributed by atoms with Crippen molar-refractivity contribution in [3.8, 4) is 0 Å². The van der Waals surface area contributed by atoms with Gasteiger partial charge in [0.15, 0.2) is 0 Å². The molecule has 2 rings (SSSR count). The van der Waals surface area contributed by atoms with Crippen LogP contribution in [0.15, 0.2) is 24.7 Å². The average molecular weight is 259 g/mol. The number of nitrogens with two attached hydrogens (primary N) is 1. The number of hydrogen-bond donors (Lipinski definition) is 1. The molecule has 0 aliphatic heterocycles. The highest BCUT2D eigenvalue weighted by atomic mass is 15.3. The van der Waals surface area contributed by atoms with Crippen LogP contribution < -0.4 is 5.73 Å². The Bertz CT molecular complexity index is 517. The Hall–Kier alpha value is -1.75. The van der Waals surface area contributed by atoms with E-state index in [9.17, 15) is 0 Å². The van der Waals surface area contributed by atoms with Crippen LogP contribution in [-0.4, -0.2) is 19.7 Å². The van der Waals surface area contributed by atoms with Crippen molar-refractivity contribution in [2.45, 2.75) is 45.7 Å². The van der Waals surface area contributed by atoms with Crippen molar-refractivity contribution in [3.05, 3.63) is 41.7 Å². The molecule has 0 fully saturated rings. The third kappa shape index (κ3) is 3.38. The summed E-state index contributed by atoms with van der Waals surface area (Å²) in [6.45, 7) is 6.26. The Morgan fingerprint density at radius 3 is 2.63 bits per heavy atom. The van der Waals surface area contributed by atoms with E-state index in [1.807, 2.05) is 23.9 Å². The zero-order valence-corrected chi connectivity index (χ0v) is 11.7. The van der Waals surface area contributed by atoms with Gasteiger partial charge in [-0.2, -0.15) is 5.10 Å². The van der Waals surface area contributed by atoms with Crippen molar-refractivity contribution >= 4 is 0 Å². The zero-order chi connectivity index (χ0) is 13.8. The van der Waals surface area contributed by atoms with E-state index in [0.717, 1.165) is 17.7 Å². The van der Waals surface area contributed by atoms with Crippen molar-refractivity contribution in [1.82, 2.24) is 19.7 Å². The molecule has 0 spiro atoms. The molecule has 0 aliphatic carbocycles. The first-order valence-corrected chi connectivity index (χ1v) is 6.68. The zero-order valence-electron chi connectivity index (χ0n) is 11.7. The number of nitrogens with zero attached hydrogens (tertiary/aromatic N) is 4. The molecule has 2 heterocycles. The van der Waals surface area contributed by atoms with Gasteiger partial charge in [-0.25, -0.2) is 9.97 Å². The molecule has 2 aromatic heterocycles. The topological polar surface area (TPSA) is 69.6 Å². The maximum Gasteiger partial charge on any atom is 0.145 e. The van der Waals surface area contributed by atoms with Gasteiger partial charge in [0.25, 0.3) is 0 Å². The van der Waals surface area contributed by atoms with Gasteiger partial charge in [0.1, 0.15) is 5.82 Å². The molecule has 0 saturated heterocycles. The third-order valence-corrected chi connectivity index (χ3v) is 3.27. The van der Waals surface area contributed by atoms with E-state index in [1.165, 1.54) is 0 Å². The van der Waals surface area contributed by atoms with Crippen molar-refractivity contribution in [2.24, 2.45) is 5.73 Å². The van der Waals surface area contributed by atoms with E-state index in [4.69, 9.17) is 5.73 Å². The van der Waals surface area contributed by atoms with E-state index >= 15 is 0 Å². The molecule has 5 nitrogen and oxygen atoms in total. The number of hydrogen-bond acceptors (Lipinski definition) is 4. The Balaban J connectivity index is 2.04. The summed E-state index contributed by atoms with van der Waals surface area (Å²) in [5.74, 6) is 0.670. The highest BCUT2D eigenvalue weighted by molar-refractivity contribution is 5.08. The smallest absolute Gasteiger partial charge is 0.145 e. The highest BCUT2D eigenvalue weighted by Crippen LogP contribution is 2.14. The Labute approximate surface area is 113 Å². The standard InChI is InChI=1S/C14H21N5/c1-4-11(3)19-6-5-12(18-19)7-13(15)14-16-8-10(2)9-17-14/h5-6,8-9,11,13H,4,7,15H2,1-3H3. The lowest BCUT2D eigenvalue weighted by Crippen LogP contribution is -2.17. The minimum Gasteiger partial charge on any atom is -0.321 e. The first kappa shape index (κ1) is 13.7. The lowest BCUT2D eigenvalue weighted by Gasteiger charge is -2.10. The summed E-state index contributed by atoms with van der Waals surface area (Å²) in [5.41, 5.74) is 8.14. The predicted octanol–water partition coefficient (Wildman–Crippen LogP) is 2.20. The van der Waals surface area contributed by atoms with Gasteiger partial charge in [-0.15, -0.1) is 0 Å². The summed E-state index contributed by atoms with van der Waals surface area (Å²) in [6, 6.07) is 2.22. The molecule has 5 heteroatoms. The molecular weight excluding hydrogens is 238 g/mol. The van der Waals surface area contributed by atoms with Crippen LogP contribution in [0.2, 0.25) is 0 Å². The fourth-order valence-corrected chi connectivity index (χ4v) is 1.83. The van der Waals surface area contributed by atoms with E-state index in [2.05, 4.69) is 28.9 Å². The fraction of sp³-hybridized carbons (Fsp3) is 0.500. The molecule has 2 aromatic rings. The van der Waals surface area contributed by atoms with Crippen molar-refractivity contribution in [3.63, 3.8) is 0 Å². The van der Waals surface area contributed by atoms with E-state index in [1.54, 1.807) is 12.4 Å². The molecule has 0 bridgehead atoms. The van der Waals surface area contributed by atoms with Crippen molar-refractivity contribution in [1.29, 1.82) is 0 Å². The van der Waals surface area contributed by atoms with E-state index in [-0.39, 0.29) is 6.04 Å². The number of rotatable bonds is 5. The summed E-state index contributed by atoms with van der Waals surface area (Å²) >= 11 is 0. The summed E-state index contributed by atoms with van der Waals surface area (Å²) < 4.78 is 1.98. The number of aromatic nitrogens is 4. The van der Waals surface area contributed by atoms with E-state index in [0.29, 0.717) is 18.3 Å². The molecule has 0 amide bonds. The second-order valence-electron chi connectivity index (χ2n) is 4.97. The van der Waals surface area contributed by atoms with Crippen LogP contribution in [0, 0.1) is 6.92 Å². The van der Waals surface area contributed by atoms with Gasteiger partial charge in [0.2, 0.25) is 0 Å². The van der Waals surface area contributed by atoms with Gasteiger partial charge in [-0.3, -0.25) is 4.68 Å². The van der Waals surface area contributed by atoms with Crippen LogP contribution in [0.25, 0.3) is 0 Å². The first-order chi connectivity index (χ1) is 9.10. The fourth-order valence-electron chi connectivity index (χ4n) is 1.83. The first-order valence-electron chi connectivity index (χ1n) is 6.68. The quantitative estimate of drug-likeness (QED) is 0.893. The van der Waals surface area contributed by atoms with Gasteiger partial charge in [0, 0.05) is 31.1 Å². The lowest BCUT2D eigenvalue weighted by molar-refractivity contribution is 0.471. The van der Waals surface area contributed by atoms with Crippen LogP contribution in [0.4, 0.5) is 0 Å². The molecule has 19 heavy (non-hydrogen) atoms. The molecule has 2 unspecified atom stereocenters. The summed E-state index contributed by atoms with van der Waals surface area (Å²) in [4.78, 5) is 8.52. The molecule has 102 valence electrons. The van der Waals surface area contributed by atoms with E-state index < -0.39 is 0 Å². The van der Waals surface area contributed by atoms with Gasteiger partial charge >= 0.3 is 0 Å².